The molecular formula is C15H17ClIN3O. The molecule has 1 aliphatic carbocycles. The minimum Gasteiger partial charge on any atom is -0.399 e. The first kappa shape index (κ1) is 16.2. The molecule has 1 atom stereocenters. The van der Waals surface area contributed by atoms with E-state index in [9.17, 15) is 4.79 Å². The van der Waals surface area contributed by atoms with E-state index in [4.69, 9.17) is 5.73 Å². The number of aryl methyl sites for hydroxylation is 1. The molecule has 3 rings (SSSR count). The SMILES string of the molecule is Cl.Nc1ccc2c(c1)CCCC2NC(=O)c1cc(I)c[nH]1. The predicted octanol–water partition coefficient (Wildman–Crippen LogP) is 3.43. The lowest BCUT2D eigenvalue weighted by molar-refractivity contribution is 0.0928. The van der Waals surface area contributed by atoms with Crippen molar-refractivity contribution in [1.29, 1.82) is 0 Å². The fourth-order valence-corrected chi connectivity index (χ4v) is 3.19. The molecule has 0 radical (unpaired) electrons. The van der Waals surface area contributed by atoms with E-state index in [1.54, 1.807) is 0 Å². The Morgan fingerprint density at radius 1 is 1.38 bits per heavy atom. The second kappa shape index (κ2) is 6.70. The van der Waals surface area contributed by atoms with Gasteiger partial charge in [-0.05, 0) is 71.2 Å². The van der Waals surface area contributed by atoms with Crippen LogP contribution >= 0.6 is 35.0 Å². The van der Waals surface area contributed by atoms with Crippen LogP contribution in [0.2, 0.25) is 0 Å². The van der Waals surface area contributed by atoms with E-state index in [-0.39, 0.29) is 24.4 Å². The minimum absolute atomic E-state index is 0. The average Bonchev–Trinajstić information content (AvgIpc) is 2.85. The Hall–Kier alpha value is -1.21. The molecule has 6 heteroatoms. The highest BCUT2D eigenvalue weighted by Gasteiger charge is 2.22. The number of aromatic amines is 1. The quantitative estimate of drug-likeness (QED) is 0.517. The zero-order valence-electron chi connectivity index (χ0n) is 11.4. The lowest BCUT2D eigenvalue weighted by atomic mass is 9.87. The van der Waals surface area contributed by atoms with E-state index in [0.29, 0.717) is 5.69 Å². The molecule has 4 N–H and O–H groups in total. The molecule has 1 aromatic heterocycles. The molecule has 1 unspecified atom stereocenters. The minimum atomic E-state index is -0.0532. The number of nitrogens with one attached hydrogen (secondary N) is 2. The lowest BCUT2D eigenvalue weighted by Gasteiger charge is -2.26. The molecule has 0 saturated carbocycles. The van der Waals surface area contributed by atoms with Gasteiger partial charge in [0.2, 0.25) is 0 Å². The van der Waals surface area contributed by atoms with E-state index in [2.05, 4.69) is 32.9 Å². The molecule has 1 amide bonds. The number of rotatable bonds is 2. The van der Waals surface area contributed by atoms with Crippen molar-refractivity contribution in [2.24, 2.45) is 0 Å². The number of halogens is 2. The number of nitrogens with two attached hydrogens (primary N) is 1. The van der Waals surface area contributed by atoms with Gasteiger partial charge in [0, 0.05) is 15.5 Å². The van der Waals surface area contributed by atoms with Gasteiger partial charge in [0.1, 0.15) is 5.69 Å². The van der Waals surface area contributed by atoms with Crippen LogP contribution in [-0.4, -0.2) is 10.9 Å². The first-order chi connectivity index (χ1) is 9.63. The fourth-order valence-electron chi connectivity index (χ4n) is 2.72. The van der Waals surface area contributed by atoms with Crippen LogP contribution in [-0.2, 0) is 6.42 Å². The van der Waals surface area contributed by atoms with Gasteiger partial charge in [0.25, 0.3) is 5.91 Å². The van der Waals surface area contributed by atoms with Crippen LogP contribution in [0.3, 0.4) is 0 Å². The fraction of sp³-hybridized carbons (Fsp3) is 0.267. The summed E-state index contributed by atoms with van der Waals surface area (Å²) in [6.07, 6.45) is 4.91. The first-order valence-corrected chi connectivity index (χ1v) is 7.74. The maximum Gasteiger partial charge on any atom is 0.268 e. The summed E-state index contributed by atoms with van der Waals surface area (Å²) in [4.78, 5) is 15.2. The lowest BCUT2D eigenvalue weighted by Crippen LogP contribution is -2.31. The molecule has 1 aromatic carbocycles. The number of carbonyl (C=O) groups excluding carboxylic acids is 1. The van der Waals surface area contributed by atoms with E-state index < -0.39 is 0 Å². The van der Waals surface area contributed by atoms with Gasteiger partial charge in [-0.25, -0.2) is 0 Å². The highest BCUT2D eigenvalue weighted by atomic mass is 127. The molecule has 112 valence electrons. The van der Waals surface area contributed by atoms with Crippen molar-refractivity contribution in [2.75, 3.05) is 5.73 Å². The Bertz CT molecular complexity index is 656. The number of hydrogen-bond acceptors (Lipinski definition) is 2. The van der Waals surface area contributed by atoms with Gasteiger partial charge in [-0.15, -0.1) is 12.4 Å². The van der Waals surface area contributed by atoms with Crippen molar-refractivity contribution in [3.63, 3.8) is 0 Å². The largest absolute Gasteiger partial charge is 0.399 e. The monoisotopic (exact) mass is 417 g/mol. The van der Waals surface area contributed by atoms with E-state index in [0.717, 1.165) is 28.5 Å². The van der Waals surface area contributed by atoms with Crippen molar-refractivity contribution in [3.05, 3.63) is 50.9 Å². The third kappa shape index (κ3) is 3.52. The standard InChI is InChI=1S/C15H16IN3O.ClH/c16-10-7-14(18-8-10)15(20)19-13-3-1-2-9-6-11(17)4-5-12(9)13;/h4-8,13,18H,1-3,17H2,(H,19,20);1H. The number of nitrogen functional groups attached to an aromatic ring is 1. The molecule has 1 heterocycles. The van der Waals surface area contributed by atoms with Crippen LogP contribution in [0.5, 0.6) is 0 Å². The summed E-state index contributed by atoms with van der Waals surface area (Å²) in [5, 5.41) is 3.11. The Labute approximate surface area is 143 Å². The van der Waals surface area contributed by atoms with E-state index in [1.807, 2.05) is 30.5 Å². The van der Waals surface area contributed by atoms with Crippen molar-refractivity contribution < 1.29 is 4.79 Å². The summed E-state index contributed by atoms with van der Waals surface area (Å²) in [5.41, 5.74) is 9.67. The third-order valence-corrected chi connectivity index (χ3v) is 4.30. The van der Waals surface area contributed by atoms with Crippen LogP contribution in [0, 0.1) is 3.57 Å². The van der Waals surface area contributed by atoms with E-state index >= 15 is 0 Å². The van der Waals surface area contributed by atoms with Gasteiger partial charge in [0.05, 0.1) is 6.04 Å². The number of aromatic nitrogens is 1. The van der Waals surface area contributed by atoms with Crippen molar-refractivity contribution in [2.45, 2.75) is 25.3 Å². The summed E-state index contributed by atoms with van der Waals surface area (Å²) < 4.78 is 1.03. The van der Waals surface area contributed by atoms with Gasteiger partial charge in [0.15, 0.2) is 0 Å². The summed E-state index contributed by atoms with van der Waals surface area (Å²) in [6, 6.07) is 7.88. The smallest absolute Gasteiger partial charge is 0.268 e. The summed E-state index contributed by atoms with van der Waals surface area (Å²) in [5.74, 6) is -0.0532. The van der Waals surface area contributed by atoms with Crippen LogP contribution in [0.15, 0.2) is 30.5 Å². The zero-order chi connectivity index (χ0) is 14.1. The maximum atomic E-state index is 12.2. The normalized spacial score (nSPS) is 16.7. The van der Waals surface area contributed by atoms with Gasteiger partial charge >= 0.3 is 0 Å². The number of hydrogen-bond donors (Lipinski definition) is 3. The Morgan fingerprint density at radius 2 is 2.19 bits per heavy atom. The molecule has 0 saturated heterocycles. The Kier molecular flexibility index (Phi) is 5.16. The Morgan fingerprint density at radius 3 is 2.90 bits per heavy atom. The molecule has 0 fully saturated rings. The molecule has 1 aliphatic rings. The van der Waals surface area contributed by atoms with E-state index in [1.165, 1.54) is 11.1 Å². The van der Waals surface area contributed by atoms with Crippen LogP contribution in [0.4, 0.5) is 5.69 Å². The number of carbonyl (C=O) groups is 1. The third-order valence-electron chi connectivity index (χ3n) is 3.68. The zero-order valence-corrected chi connectivity index (χ0v) is 14.3. The number of H-pyrrole nitrogens is 1. The van der Waals surface area contributed by atoms with Crippen LogP contribution < -0.4 is 11.1 Å². The van der Waals surface area contributed by atoms with Crippen LogP contribution in [0.1, 0.15) is 40.5 Å². The molecule has 21 heavy (non-hydrogen) atoms. The summed E-state index contributed by atoms with van der Waals surface area (Å²) in [6.45, 7) is 0. The summed E-state index contributed by atoms with van der Waals surface area (Å²) in [7, 11) is 0. The molecular weight excluding hydrogens is 401 g/mol. The molecule has 2 aromatic rings. The Balaban J connectivity index is 0.00000161. The van der Waals surface area contributed by atoms with Gasteiger partial charge in [-0.1, -0.05) is 6.07 Å². The number of benzene rings is 1. The number of amides is 1. The highest BCUT2D eigenvalue weighted by Crippen LogP contribution is 2.31. The van der Waals surface area contributed by atoms with Crippen molar-refractivity contribution >= 4 is 46.6 Å². The van der Waals surface area contributed by atoms with Crippen molar-refractivity contribution in [3.8, 4) is 0 Å². The van der Waals surface area contributed by atoms with Gasteiger partial charge in [-0.2, -0.15) is 0 Å². The topological polar surface area (TPSA) is 70.9 Å². The molecule has 0 aliphatic heterocycles. The maximum absolute atomic E-state index is 12.2. The van der Waals surface area contributed by atoms with Gasteiger partial charge < -0.3 is 16.0 Å². The predicted molar refractivity (Wildman–Crippen MR) is 94.8 cm³/mol. The molecule has 0 bridgehead atoms. The molecule has 0 spiro atoms. The highest BCUT2D eigenvalue weighted by molar-refractivity contribution is 14.1. The average molecular weight is 418 g/mol. The molecule has 4 nitrogen and oxygen atoms in total. The second-order valence-electron chi connectivity index (χ2n) is 5.11. The van der Waals surface area contributed by atoms with Crippen LogP contribution in [0.25, 0.3) is 0 Å². The van der Waals surface area contributed by atoms with Crippen molar-refractivity contribution in [1.82, 2.24) is 10.3 Å². The number of fused-ring (bicyclic) bond motifs is 1. The first-order valence-electron chi connectivity index (χ1n) is 6.66. The second-order valence-corrected chi connectivity index (χ2v) is 6.35. The van der Waals surface area contributed by atoms with Gasteiger partial charge in [-0.3, -0.25) is 4.79 Å². The number of anilines is 1. The summed E-state index contributed by atoms with van der Waals surface area (Å²) >= 11 is 2.18.